The maximum Gasteiger partial charge on any atom is 0.112 e. The Hall–Kier alpha value is -0.120. The summed E-state index contributed by atoms with van der Waals surface area (Å²) in [6, 6.07) is 0. The monoisotopic (exact) mass is 300 g/mol. The molecule has 0 N–H and O–H groups in total. The Balaban J connectivity index is 4.75. The molecule has 0 aliphatic carbocycles. The zero-order valence-electron chi connectivity index (χ0n) is 15.5. The fourth-order valence-corrected chi connectivity index (χ4v) is 3.01. The van der Waals surface area contributed by atoms with Crippen LogP contribution in [0.2, 0.25) is 0 Å². The molecule has 0 saturated heterocycles. The SMILES string of the molecule is CCCN(CCC)C(CC)OC(CC)N(CCC)CCC. The quantitative estimate of drug-likeness (QED) is 0.432. The van der Waals surface area contributed by atoms with E-state index in [-0.39, 0.29) is 12.5 Å². The molecule has 0 spiro atoms. The third-order valence-corrected chi connectivity index (χ3v) is 3.87. The molecular weight excluding hydrogens is 260 g/mol. The Morgan fingerprint density at radius 2 is 0.857 bits per heavy atom. The Kier molecular flexibility index (Phi) is 13.5. The molecule has 0 fully saturated rings. The molecule has 0 aromatic rings. The Morgan fingerprint density at radius 1 is 0.571 bits per heavy atom. The molecule has 0 aromatic heterocycles. The molecule has 0 radical (unpaired) electrons. The number of rotatable bonds is 14. The molecule has 0 aromatic carbocycles. The van der Waals surface area contributed by atoms with Crippen LogP contribution in [-0.2, 0) is 4.74 Å². The first-order chi connectivity index (χ1) is 10.2. The van der Waals surface area contributed by atoms with Gasteiger partial charge in [-0.25, -0.2) is 0 Å². The fourth-order valence-electron chi connectivity index (χ4n) is 3.01. The minimum atomic E-state index is 0.270. The molecule has 2 unspecified atom stereocenters. The van der Waals surface area contributed by atoms with E-state index in [0.717, 1.165) is 39.0 Å². The average Bonchev–Trinajstić information content (AvgIpc) is 2.48. The summed E-state index contributed by atoms with van der Waals surface area (Å²) in [7, 11) is 0. The maximum absolute atomic E-state index is 6.54. The van der Waals surface area contributed by atoms with Gasteiger partial charge in [-0.3, -0.25) is 9.80 Å². The Morgan fingerprint density at radius 3 is 1.05 bits per heavy atom. The summed E-state index contributed by atoms with van der Waals surface area (Å²) in [6.07, 6.45) is 7.48. The van der Waals surface area contributed by atoms with E-state index < -0.39 is 0 Å². The molecule has 0 heterocycles. The van der Waals surface area contributed by atoms with Gasteiger partial charge in [-0.15, -0.1) is 0 Å². The summed E-state index contributed by atoms with van der Waals surface area (Å²) in [5.74, 6) is 0. The molecule has 0 saturated carbocycles. The molecule has 2 atom stereocenters. The molecule has 128 valence electrons. The predicted molar refractivity (Wildman–Crippen MR) is 93.6 cm³/mol. The topological polar surface area (TPSA) is 15.7 Å². The van der Waals surface area contributed by atoms with E-state index in [9.17, 15) is 0 Å². The van der Waals surface area contributed by atoms with Gasteiger partial charge in [-0.2, -0.15) is 0 Å². The van der Waals surface area contributed by atoms with Crippen LogP contribution in [0.4, 0.5) is 0 Å². The molecular formula is C18H40N2O. The summed E-state index contributed by atoms with van der Waals surface area (Å²) in [5, 5.41) is 0. The Bertz CT molecular complexity index is 189. The first kappa shape index (κ1) is 20.9. The lowest BCUT2D eigenvalue weighted by Crippen LogP contribution is -2.46. The van der Waals surface area contributed by atoms with Crippen LogP contribution in [0.3, 0.4) is 0 Å². The summed E-state index contributed by atoms with van der Waals surface area (Å²) >= 11 is 0. The van der Waals surface area contributed by atoms with Gasteiger partial charge >= 0.3 is 0 Å². The number of hydrogen-bond acceptors (Lipinski definition) is 3. The third kappa shape index (κ3) is 8.18. The van der Waals surface area contributed by atoms with Crippen LogP contribution in [0.1, 0.15) is 80.1 Å². The second-order valence-corrected chi connectivity index (χ2v) is 5.93. The van der Waals surface area contributed by atoms with Crippen molar-refractivity contribution >= 4 is 0 Å². The molecule has 0 aliphatic rings. The second-order valence-electron chi connectivity index (χ2n) is 5.93. The molecule has 0 aliphatic heterocycles. The van der Waals surface area contributed by atoms with Crippen LogP contribution in [-0.4, -0.2) is 48.4 Å². The summed E-state index contributed by atoms with van der Waals surface area (Å²) in [6.45, 7) is 18.1. The van der Waals surface area contributed by atoms with Crippen molar-refractivity contribution < 1.29 is 4.74 Å². The molecule has 3 heteroatoms. The number of nitrogens with zero attached hydrogens (tertiary/aromatic N) is 2. The minimum Gasteiger partial charge on any atom is -0.345 e. The molecule has 0 amide bonds. The van der Waals surface area contributed by atoms with Crippen molar-refractivity contribution in [1.29, 1.82) is 0 Å². The van der Waals surface area contributed by atoms with Crippen molar-refractivity contribution in [2.45, 2.75) is 92.5 Å². The van der Waals surface area contributed by atoms with Crippen molar-refractivity contribution in [3.05, 3.63) is 0 Å². The summed E-state index contributed by atoms with van der Waals surface area (Å²) in [5.41, 5.74) is 0. The zero-order valence-corrected chi connectivity index (χ0v) is 15.5. The standard InChI is InChI=1S/C18H40N2O/c1-7-13-19(14-8-2)17(11-5)21-18(12-6)20(15-9-3)16-10-4/h17-18H,7-16H2,1-6H3. The second kappa shape index (κ2) is 13.5. The minimum absolute atomic E-state index is 0.270. The van der Waals surface area contributed by atoms with Crippen LogP contribution in [0.5, 0.6) is 0 Å². The largest absolute Gasteiger partial charge is 0.345 e. The van der Waals surface area contributed by atoms with Gasteiger partial charge < -0.3 is 4.74 Å². The van der Waals surface area contributed by atoms with Crippen LogP contribution < -0.4 is 0 Å². The van der Waals surface area contributed by atoms with Gasteiger partial charge in [0.2, 0.25) is 0 Å². The highest BCUT2D eigenvalue weighted by Crippen LogP contribution is 2.16. The van der Waals surface area contributed by atoms with Gasteiger partial charge in [-0.05, 0) is 38.5 Å². The normalized spacial score (nSPS) is 14.9. The van der Waals surface area contributed by atoms with E-state index in [4.69, 9.17) is 4.74 Å². The van der Waals surface area contributed by atoms with Crippen LogP contribution in [0.15, 0.2) is 0 Å². The molecule has 0 bridgehead atoms. The lowest BCUT2D eigenvalue weighted by atomic mass is 10.2. The smallest absolute Gasteiger partial charge is 0.112 e. The highest BCUT2D eigenvalue weighted by atomic mass is 16.5. The van der Waals surface area contributed by atoms with Gasteiger partial charge in [0.1, 0.15) is 12.5 Å². The highest BCUT2D eigenvalue weighted by Gasteiger charge is 2.23. The maximum atomic E-state index is 6.54. The van der Waals surface area contributed by atoms with Crippen molar-refractivity contribution in [3.8, 4) is 0 Å². The van der Waals surface area contributed by atoms with E-state index in [1.165, 1.54) is 25.7 Å². The Labute approximate surface area is 134 Å². The van der Waals surface area contributed by atoms with Gasteiger partial charge in [0.25, 0.3) is 0 Å². The van der Waals surface area contributed by atoms with Gasteiger partial charge in [-0.1, -0.05) is 41.5 Å². The van der Waals surface area contributed by atoms with Crippen LogP contribution >= 0.6 is 0 Å². The van der Waals surface area contributed by atoms with Crippen LogP contribution in [0.25, 0.3) is 0 Å². The molecule has 0 rings (SSSR count). The highest BCUT2D eigenvalue weighted by molar-refractivity contribution is 4.67. The first-order valence-electron chi connectivity index (χ1n) is 9.31. The fraction of sp³-hybridized carbons (Fsp3) is 1.00. The average molecular weight is 301 g/mol. The van der Waals surface area contributed by atoms with E-state index in [1.54, 1.807) is 0 Å². The van der Waals surface area contributed by atoms with E-state index in [2.05, 4.69) is 51.3 Å². The van der Waals surface area contributed by atoms with Crippen molar-refractivity contribution in [2.24, 2.45) is 0 Å². The molecule has 21 heavy (non-hydrogen) atoms. The van der Waals surface area contributed by atoms with Crippen molar-refractivity contribution in [1.82, 2.24) is 9.80 Å². The first-order valence-corrected chi connectivity index (χ1v) is 9.31. The van der Waals surface area contributed by atoms with Gasteiger partial charge in [0, 0.05) is 26.2 Å². The summed E-state index contributed by atoms with van der Waals surface area (Å²) < 4.78 is 6.54. The van der Waals surface area contributed by atoms with E-state index in [1.807, 2.05) is 0 Å². The zero-order chi connectivity index (χ0) is 16.1. The van der Waals surface area contributed by atoms with Gasteiger partial charge in [0.05, 0.1) is 0 Å². The number of hydrogen-bond donors (Lipinski definition) is 0. The van der Waals surface area contributed by atoms with E-state index in [0.29, 0.717) is 0 Å². The van der Waals surface area contributed by atoms with Crippen molar-refractivity contribution in [3.63, 3.8) is 0 Å². The van der Waals surface area contributed by atoms with Gasteiger partial charge in [0.15, 0.2) is 0 Å². The van der Waals surface area contributed by atoms with E-state index >= 15 is 0 Å². The predicted octanol–water partition coefficient (Wildman–Crippen LogP) is 4.72. The summed E-state index contributed by atoms with van der Waals surface area (Å²) in [4.78, 5) is 5.05. The van der Waals surface area contributed by atoms with Crippen molar-refractivity contribution in [2.75, 3.05) is 26.2 Å². The van der Waals surface area contributed by atoms with Crippen LogP contribution in [0, 0.1) is 0 Å². The molecule has 3 nitrogen and oxygen atoms in total. The number of ether oxygens (including phenoxy) is 1. The lowest BCUT2D eigenvalue weighted by Gasteiger charge is -2.37. The lowest BCUT2D eigenvalue weighted by molar-refractivity contribution is -0.157. The third-order valence-electron chi connectivity index (χ3n) is 3.87.